The summed E-state index contributed by atoms with van der Waals surface area (Å²) in [6.07, 6.45) is 4.50. The van der Waals surface area contributed by atoms with Crippen molar-refractivity contribution in [3.05, 3.63) is 63.5 Å². The number of aromatic nitrogens is 2. The van der Waals surface area contributed by atoms with Crippen LogP contribution >= 0.6 is 11.3 Å². The molecule has 0 saturated carbocycles. The molecule has 2 aromatic heterocycles. The Labute approximate surface area is 143 Å². The maximum atomic E-state index is 12.4. The number of rotatable bonds is 3. The lowest BCUT2D eigenvalue weighted by atomic mass is 9.88. The molecule has 3 aromatic rings. The zero-order chi connectivity index (χ0) is 16.5. The quantitative estimate of drug-likeness (QED) is 0.798. The van der Waals surface area contributed by atoms with Crippen LogP contribution in [0.25, 0.3) is 10.2 Å². The first-order chi connectivity index (χ1) is 11.7. The molecule has 2 heterocycles. The van der Waals surface area contributed by atoms with Gasteiger partial charge >= 0.3 is 0 Å². The van der Waals surface area contributed by atoms with E-state index >= 15 is 0 Å². The minimum absolute atomic E-state index is 0.00368. The highest BCUT2D eigenvalue weighted by Crippen LogP contribution is 2.29. The van der Waals surface area contributed by atoms with Crippen LogP contribution in [0.1, 0.15) is 30.0 Å². The summed E-state index contributed by atoms with van der Waals surface area (Å²) >= 11 is 1.42. The number of hydrogen-bond donors (Lipinski definition) is 1. The van der Waals surface area contributed by atoms with Crippen molar-refractivity contribution in [3.63, 3.8) is 0 Å². The van der Waals surface area contributed by atoms with Gasteiger partial charge < -0.3 is 5.32 Å². The summed E-state index contributed by atoms with van der Waals surface area (Å²) in [5, 5.41) is 5.47. The fourth-order valence-electron chi connectivity index (χ4n) is 3.30. The summed E-state index contributed by atoms with van der Waals surface area (Å²) in [5.74, 6) is -0.157. The molecule has 0 saturated heterocycles. The van der Waals surface area contributed by atoms with Gasteiger partial charge in [-0.25, -0.2) is 4.98 Å². The minimum Gasteiger partial charge on any atom is -0.348 e. The Kier molecular flexibility index (Phi) is 3.90. The number of benzene rings is 1. The second kappa shape index (κ2) is 6.20. The van der Waals surface area contributed by atoms with Gasteiger partial charge in [-0.1, -0.05) is 24.3 Å². The lowest BCUT2D eigenvalue weighted by Gasteiger charge is -2.26. The van der Waals surface area contributed by atoms with Gasteiger partial charge in [0.1, 0.15) is 11.4 Å². The normalized spacial score (nSPS) is 16.8. The molecule has 1 aromatic carbocycles. The third-order valence-electron chi connectivity index (χ3n) is 4.47. The Balaban J connectivity index is 1.53. The summed E-state index contributed by atoms with van der Waals surface area (Å²) in [4.78, 5) is 29.7. The van der Waals surface area contributed by atoms with Gasteiger partial charge in [-0.3, -0.25) is 14.2 Å². The summed E-state index contributed by atoms with van der Waals surface area (Å²) in [7, 11) is 0. The number of thiophene rings is 1. The predicted octanol–water partition coefficient (Wildman–Crippen LogP) is 2.65. The van der Waals surface area contributed by atoms with E-state index < -0.39 is 0 Å². The van der Waals surface area contributed by atoms with Gasteiger partial charge in [0.2, 0.25) is 5.91 Å². The van der Waals surface area contributed by atoms with Crippen LogP contribution in [-0.2, 0) is 17.8 Å². The molecule has 1 unspecified atom stereocenters. The summed E-state index contributed by atoms with van der Waals surface area (Å²) in [6.45, 7) is -0.00368. The Morgan fingerprint density at radius 2 is 2.21 bits per heavy atom. The van der Waals surface area contributed by atoms with Gasteiger partial charge in [0.05, 0.1) is 17.8 Å². The molecule has 1 aliphatic carbocycles. The molecule has 1 amide bonds. The van der Waals surface area contributed by atoms with E-state index in [9.17, 15) is 9.59 Å². The summed E-state index contributed by atoms with van der Waals surface area (Å²) in [5.41, 5.74) is 2.32. The Morgan fingerprint density at radius 1 is 1.33 bits per heavy atom. The van der Waals surface area contributed by atoms with Crippen molar-refractivity contribution in [3.8, 4) is 0 Å². The van der Waals surface area contributed by atoms with E-state index in [0.29, 0.717) is 10.2 Å². The average molecular weight is 339 g/mol. The molecule has 24 heavy (non-hydrogen) atoms. The van der Waals surface area contributed by atoms with Crippen LogP contribution in [0.3, 0.4) is 0 Å². The average Bonchev–Trinajstić information content (AvgIpc) is 3.07. The molecule has 0 aliphatic heterocycles. The number of carbonyl (C=O) groups is 1. The van der Waals surface area contributed by atoms with Gasteiger partial charge in [-0.05, 0) is 41.8 Å². The first kappa shape index (κ1) is 15.1. The second-order valence-corrected chi connectivity index (χ2v) is 6.92. The van der Waals surface area contributed by atoms with Crippen molar-refractivity contribution in [1.82, 2.24) is 14.9 Å². The molecule has 1 N–H and O–H groups in total. The molecular weight excluding hydrogens is 322 g/mol. The van der Waals surface area contributed by atoms with Crippen LogP contribution in [0.2, 0.25) is 0 Å². The standard InChI is InChI=1S/C18H17N3O2S/c22-16(10-21-11-19-17-14(18(21)23)8-9-24-17)20-15-7-3-5-12-4-1-2-6-13(12)15/h1-2,4,6,8-9,11,15H,3,5,7,10H2,(H,20,22). The fourth-order valence-corrected chi connectivity index (χ4v) is 4.03. The number of nitrogens with zero attached hydrogens (tertiary/aromatic N) is 2. The van der Waals surface area contributed by atoms with Gasteiger partial charge in [-0.2, -0.15) is 0 Å². The van der Waals surface area contributed by atoms with E-state index in [1.165, 1.54) is 33.4 Å². The molecule has 1 aliphatic rings. The van der Waals surface area contributed by atoms with E-state index in [0.717, 1.165) is 19.3 Å². The van der Waals surface area contributed by atoms with Crippen LogP contribution in [0.5, 0.6) is 0 Å². The summed E-state index contributed by atoms with van der Waals surface area (Å²) in [6, 6.07) is 10.0. The molecular formula is C18H17N3O2S. The highest BCUT2D eigenvalue weighted by Gasteiger charge is 2.21. The molecule has 0 spiro atoms. The predicted molar refractivity (Wildman–Crippen MR) is 94.1 cm³/mol. The van der Waals surface area contributed by atoms with E-state index in [1.807, 2.05) is 17.5 Å². The van der Waals surface area contributed by atoms with Crippen LogP contribution in [-0.4, -0.2) is 15.5 Å². The smallest absolute Gasteiger partial charge is 0.262 e. The molecule has 0 fully saturated rings. The van der Waals surface area contributed by atoms with Crippen LogP contribution in [0, 0.1) is 0 Å². The number of amides is 1. The molecule has 1 atom stereocenters. The number of nitrogens with one attached hydrogen (secondary N) is 1. The van der Waals surface area contributed by atoms with Crippen LogP contribution in [0.4, 0.5) is 0 Å². The molecule has 6 heteroatoms. The van der Waals surface area contributed by atoms with Crippen molar-refractivity contribution < 1.29 is 4.79 Å². The monoisotopic (exact) mass is 339 g/mol. The number of fused-ring (bicyclic) bond motifs is 2. The van der Waals surface area contributed by atoms with Crippen LogP contribution in [0.15, 0.2) is 46.8 Å². The maximum Gasteiger partial charge on any atom is 0.262 e. The topological polar surface area (TPSA) is 64.0 Å². The largest absolute Gasteiger partial charge is 0.348 e. The Hall–Kier alpha value is -2.47. The number of aryl methyl sites for hydroxylation is 1. The first-order valence-electron chi connectivity index (χ1n) is 8.02. The fraction of sp³-hybridized carbons (Fsp3) is 0.278. The van der Waals surface area contributed by atoms with Gasteiger partial charge in [0, 0.05) is 0 Å². The first-order valence-corrected chi connectivity index (χ1v) is 8.90. The van der Waals surface area contributed by atoms with Crippen molar-refractivity contribution in [1.29, 1.82) is 0 Å². The van der Waals surface area contributed by atoms with Gasteiger partial charge in [0.25, 0.3) is 5.56 Å². The molecule has 0 radical (unpaired) electrons. The highest BCUT2D eigenvalue weighted by molar-refractivity contribution is 7.16. The highest BCUT2D eigenvalue weighted by atomic mass is 32.1. The van der Waals surface area contributed by atoms with Crippen molar-refractivity contribution in [2.24, 2.45) is 0 Å². The lowest BCUT2D eigenvalue weighted by molar-refractivity contribution is -0.122. The van der Waals surface area contributed by atoms with E-state index in [1.54, 1.807) is 6.07 Å². The van der Waals surface area contributed by atoms with E-state index in [4.69, 9.17) is 0 Å². The minimum atomic E-state index is -0.166. The third kappa shape index (κ3) is 2.73. The molecule has 122 valence electrons. The number of hydrogen-bond acceptors (Lipinski definition) is 4. The third-order valence-corrected chi connectivity index (χ3v) is 5.29. The number of carbonyl (C=O) groups excluding carboxylic acids is 1. The Bertz CT molecular complexity index is 960. The van der Waals surface area contributed by atoms with E-state index in [-0.39, 0.29) is 24.1 Å². The summed E-state index contributed by atoms with van der Waals surface area (Å²) < 4.78 is 1.37. The van der Waals surface area contributed by atoms with Gasteiger partial charge in [0.15, 0.2) is 0 Å². The lowest BCUT2D eigenvalue weighted by Crippen LogP contribution is -2.36. The second-order valence-electron chi connectivity index (χ2n) is 6.03. The van der Waals surface area contributed by atoms with Crippen LogP contribution < -0.4 is 10.9 Å². The van der Waals surface area contributed by atoms with Crippen molar-refractivity contribution in [2.45, 2.75) is 31.8 Å². The zero-order valence-corrected chi connectivity index (χ0v) is 13.9. The van der Waals surface area contributed by atoms with Crippen molar-refractivity contribution in [2.75, 3.05) is 0 Å². The molecule has 4 rings (SSSR count). The molecule has 5 nitrogen and oxygen atoms in total. The molecule has 0 bridgehead atoms. The maximum absolute atomic E-state index is 12.4. The van der Waals surface area contributed by atoms with Gasteiger partial charge in [-0.15, -0.1) is 11.3 Å². The SMILES string of the molecule is O=C(Cn1cnc2sccc2c1=O)NC1CCCc2ccccc21. The zero-order valence-electron chi connectivity index (χ0n) is 13.1. The van der Waals surface area contributed by atoms with Crippen molar-refractivity contribution >= 4 is 27.5 Å². The Morgan fingerprint density at radius 3 is 3.12 bits per heavy atom. The van der Waals surface area contributed by atoms with E-state index in [2.05, 4.69) is 22.4 Å².